The minimum Gasteiger partial charge on any atom is -0.381 e. The molecule has 4 rings (SSSR count). The molecule has 0 bridgehead atoms. The molecule has 0 radical (unpaired) electrons. The average Bonchev–Trinajstić information content (AvgIpc) is 3.12. The highest BCUT2D eigenvalue weighted by molar-refractivity contribution is 7.99. The van der Waals surface area contributed by atoms with Crippen molar-refractivity contribution in [2.24, 2.45) is 5.41 Å². The lowest BCUT2D eigenvalue weighted by molar-refractivity contribution is -0.143. The summed E-state index contributed by atoms with van der Waals surface area (Å²) < 4.78 is 44.9. The summed E-state index contributed by atoms with van der Waals surface area (Å²) in [5.74, 6) is 0.766. The monoisotopic (exact) mass is 411 g/mol. The number of nitrogens with zero attached hydrogens (tertiary/aromatic N) is 4. The van der Waals surface area contributed by atoms with Crippen LogP contribution in [0.15, 0.2) is 34.4 Å². The summed E-state index contributed by atoms with van der Waals surface area (Å²) in [6.45, 7) is 3.32. The number of hydrogen-bond acceptors (Lipinski definition) is 7. The van der Waals surface area contributed by atoms with Crippen LogP contribution in [0.3, 0.4) is 0 Å². The molecule has 2 fully saturated rings. The van der Waals surface area contributed by atoms with Crippen LogP contribution in [0.4, 0.5) is 24.8 Å². The van der Waals surface area contributed by atoms with Crippen molar-refractivity contribution in [2.45, 2.75) is 35.4 Å². The van der Waals surface area contributed by atoms with Crippen molar-refractivity contribution in [2.75, 3.05) is 36.9 Å². The first kappa shape index (κ1) is 19.3. The van der Waals surface area contributed by atoms with E-state index in [1.165, 1.54) is 12.1 Å². The number of alkyl halides is 3. The predicted molar refractivity (Wildman–Crippen MR) is 99.1 cm³/mol. The minimum absolute atomic E-state index is 0.0510. The van der Waals surface area contributed by atoms with Crippen LogP contribution in [0, 0.1) is 5.41 Å². The van der Waals surface area contributed by atoms with E-state index >= 15 is 0 Å². The van der Waals surface area contributed by atoms with Crippen molar-refractivity contribution in [3.05, 3.63) is 30.2 Å². The van der Waals surface area contributed by atoms with Gasteiger partial charge in [0.15, 0.2) is 11.5 Å². The fourth-order valence-electron chi connectivity index (χ4n) is 3.66. The second-order valence-corrected chi connectivity index (χ2v) is 8.19. The Morgan fingerprint density at radius 3 is 2.61 bits per heavy atom. The fraction of sp³-hybridized carbons (Fsp3) is 0.500. The van der Waals surface area contributed by atoms with E-state index in [1.54, 1.807) is 6.20 Å². The summed E-state index contributed by atoms with van der Waals surface area (Å²) >= 11 is 0.822. The number of nitrogens with two attached hydrogens (primary N) is 1. The number of aromatic nitrogens is 3. The molecule has 10 heteroatoms. The molecule has 2 aromatic heterocycles. The second-order valence-electron chi connectivity index (χ2n) is 7.16. The van der Waals surface area contributed by atoms with Crippen molar-refractivity contribution in [3.8, 4) is 0 Å². The van der Waals surface area contributed by atoms with Crippen LogP contribution in [0.2, 0.25) is 0 Å². The summed E-state index contributed by atoms with van der Waals surface area (Å²) in [5.41, 5.74) is 5.33. The fourth-order valence-corrected chi connectivity index (χ4v) is 4.53. The number of nitrogen functional groups attached to an aromatic ring is 1. The minimum atomic E-state index is -4.54. The van der Waals surface area contributed by atoms with Gasteiger partial charge in [0.2, 0.25) is 0 Å². The summed E-state index contributed by atoms with van der Waals surface area (Å²) in [4.78, 5) is 14.2. The summed E-state index contributed by atoms with van der Waals surface area (Å²) in [6, 6.07) is 2.80. The number of pyridine rings is 1. The topological polar surface area (TPSA) is 77.2 Å². The molecule has 0 aliphatic carbocycles. The van der Waals surface area contributed by atoms with Gasteiger partial charge in [0.05, 0.1) is 12.8 Å². The number of ether oxygens (including phenoxy) is 1. The molecule has 2 aliphatic rings. The first-order chi connectivity index (χ1) is 13.4. The Balaban J connectivity index is 1.49. The SMILES string of the molecule is Nc1nc(N2CCC3(CCOC3)CC2)cnc1Sc1cccnc1C(F)(F)F. The standard InChI is InChI=1S/C18H20F3N5OS/c19-18(20,21)14-12(2-1-6-23-14)28-16-15(22)25-13(10-24-16)26-7-3-17(4-8-26)5-9-27-11-17/h1-2,6,10H,3-5,7-9,11H2,(H2,22,25). The van der Waals surface area contributed by atoms with Crippen LogP contribution < -0.4 is 10.6 Å². The first-order valence-corrected chi connectivity index (χ1v) is 9.83. The molecule has 2 saturated heterocycles. The van der Waals surface area contributed by atoms with Crippen molar-refractivity contribution in [1.82, 2.24) is 15.0 Å². The quantitative estimate of drug-likeness (QED) is 0.826. The highest BCUT2D eigenvalue weighted by Crippen LogP contribution is 2.41. The van der Waals surface area contributed by atoms with Crippen LogP contribution >= 0.6 is 11.8 Å². The van der Waals surface area contributed by atoms with Crippen LogP contribution in [-0.2, 0) is 10.9 Å². The Hall–Kier alpha value is -2.07. The number of piperidine rings is 1. The smallest absolute Gasteiger partial charge is 0.381 e. The van der Waals surface area contributed by atoms with Crippen molar-refractivity contribution < 1.29 is 17.9 Å². The Bertz CT molecular complexity index is 847. The summed E-state index contributed by atoms with van der Waals surface area (Å²) in [5, 5.41) is 0.236. The second kappa shape index (κ2) is 7.40. The molecule has 0 saturated carbocycles. The highest BCUT2D eigenvalue weighted by Gasteiger charge is 2.38. The normalized spacial score (nSPS) is 19.3. The molecule has 1 spiro atoms. The largest absolute Gasteiger partial charge is 0.434 e. The molecule has 28 heavy (non-hydrogen) atoms. The van der Waals surface area contributed by atoms with E-state index in [2.05, 4.69) is 19.9 Å². The van der Waals surface area contributed by atoms with E-state index < -0.39 is 11.9 Å². The number of halogens is 3. The van der Waals surface area contributed by atoms with Crippen LogP contribution in [0.25, 0.3) is 0 Å². The molecule has 2 aromatic rings. The molecule has 2 N–H and O–H groups in total. The molecule has 0 atom stereocenters. The van der Waals surface area contributed by atoms with Gasteiger partial charge in [-0.25, -0.2) is 9.97 Å². The van der Waals surface area contributed by atoms with Gasteiger partial charge < -0.3 is 15.4 Å². The lowest BCUT2D eigenvalue weighted by Crippen LogP contribution is -2.41. The zero-order chi connectivity index (χ0) is 19.8. The van der Waals surface area contributed by atoms with E-state index in [0.717, 1.165) is 63.5 Å². The van der Waals surface area contributed by atoms with Crippen LogP contribution in [0.1, 0.15) is 25.0 Å². The van der Waals surface area contributed by atoms with Gasteiger partial charge in [0.25, 0.3) is 0 Å². The average molecular weight is 411 g/mol. The Morgan fingerprint density at radius 1 is 1.18 bits per heavy atom. The summed E-state index contributed by atoms with van der Waals surface area (Å²) in [7, 11) is 0. The molecule has 0 unspecified atom stereocenters. The molecular weight excluding hydrogens is 391 g/mol. The molecule has 6 nitrogen and oxygen atoms in total. The lowest BCUT2D eigenvalue weighted by atomic mass is 9.78. The zero-order valence-corrected chi connectivity index (χ0v) is 15.9. The van der Waals surface area contributed by atoms with Gasteiger partial charge in [-0.15, -0.1) is 0 Å². The van der Waals surface area contributed by atoms with E-state index in [1.807, 2.05) is 0 Å². The van der Waals surface area contributed by atoms with Gasteiger partial charge in [0.1, 0.15) is 10.8 Å². The third kappa shape index (κ3) is 3.88. The Morgan fingerprint density at radius 2 is 1.96 bits per heavy atom. The van der Waals surface area contributed by atoms with E-state index in [0.29, 0.717) is 5.82 Å². The first-order valence-electron chi connectivity index (χ1n) is 9.02. The molecule has 4 heterocycles. The zero-order valence-electron chi connectivity index (χ0n) is 15.1. The van der Waals surface area contributed by atoms with Gasteiger partial charge in [-0.05, 0) is 36.8 Å². The van der Waals surface area contributed by atoms with E-state index in [4.69, 9.17) is 10.5 Å². The van der Waals surface area contributed by atoms with Crippen LogP contribution in [-0.4, -0.2) is 41.3 Å². The highest BCUT2D eigenvalue weighted by atomic mass is 32.2. The maximum atomic E-state index is 13.1. The van der Waals surface area contributed by atoms with Crippen molar-refractivity contribution in [1.29, 1.82) is 0 Å². The number of anilines is 2. The molecule has 2 aliphatic heterocycles. The van der Waals surface area contributed by atoms with Gasteiger partial charge in [-0.3, -0.25) is 4.98 Å². The van der Waals surface area contributed by atoms with Gasteiger partial charge in [-0.1, -0.05) is 11.8 Å². The van der Waals surface area contributed by atoms with E-state index in [9.17, 15) is 13.2 Å². The molecular formula is C18H20F3N5OS. The molecule has 150 valence electrons. The number of hydrogen-bond donors (Lipinski definition) is 1. The summed E-state index contributed by atoms with van der Waals surface area (Å²) in [6.07, 6.45) is 1.29. The maximum absolute atomic E-state index is 13.1. The van der Waals surface area contributed by atoms with Gasteiger partial charge in [0, 0.05) is 30.8 Å². The van der Waals surface area contributed by atoms with E-state index in [-0.39, 0.29) is 21.2 Å². The van der Waals surface area contributed by atoms with Crippen molar-refractivity contribution >= 4 is 23.4 Å². The van der Waals surface area contributed by atoms with Gasteiger partial charge in [-0.2, -0.15) is 13.2 Å². The Kier molecular flexibility index (Phi) is 5.09. The molecule has 0 amide bonds. The van der Waals surface area contributed by atoms with Gasteiger partial charge >= 0.3 is 6.18 Å². The lowest BCUT2D eigenvalue weighted by Gasteiger charge is -2.38. The maximum Gasteiger partial charge on any atom is 0.434 e. The van der Waals surface area contributed by atoms with Crippen LogP contribution in [0.5, 0.6) is 0 Å². The Labute approximate surface area is 164 Å². The number of rotatable bonds is 3. The third-order valence-electron chi connectivity index (χ3n) is 5.33. The van der Waals surface area contributed by atoms with Crippen molar-refractivity contribution in [3.63, 3.8) is 0 Å². The third-order valence-corrected chi connectivity index (χ3v) is 6.39. The molecule has 0 aromatic carbocycles. The predicted octanol–water partition coefficient (Wildman–Crippen LogP) is 3.63.